The van der Waals surface area contributed by atoms with Gasteiger partial charge < -0.3 is 4.90 Å². The lowest BCUT2D eigenvalue weighted by Crippen LogP contribution is -2.38. The predicted molar refractivity (Wildman–Crippen MR) is 135 cm³/mol. The smallest absolute Gasteiger partial charge is 0.326 e. The lowest BCUT2D eigenvalue weighted by atomic mass is 10.2. The van der Waals surface area contributed by atoms with E-state index >= 15 is 0 Å². The summed E-state index contributed by atoms with van der Waals surface area (Å²) in [5.74, 6) is -0.759. The largest absolute Gasteiger partial charge is 0.416 e. The zero-order valence-electron chi connectivity index (χ0n) is 19.7. The van der Waals surface area contributed by atoms with Gasteiger partial charge in [0.2, 0.25) is 11.9 Å². The van der Waals surface area contributed by atoms with Gasteiger partial charge in [-0.3, -0.25) is 19.5 Å². The summed E-state index contributed by atoms with van der Waals surface area (Å²) < 4.78 is 40.7. The number of rotatable bonds is 8. The fourth-order valence-electron chi connectivity index (χ4n) is 3.70. The highest BCUT2D eigenvalue weighted by Gasteiger charge is 2.30. The molecule has 6 nitrogen and oxygen atoms in total. The molecule has 0 aliphatic carbocycles. The Morgan fingerprint density at radius 3 is 2.16 bits per heavy atom. The molecule has 3 aromatic carbocycles. The number of hydrogen-bond donors (Lipinski definition) is 1. The summed E-state index contributed by atoms with van der Waals surface area (Å²) in [5, 5.41) is 2.70. The lowest BCUT2D eigenvalue weighted by molar-refractivity contribution is -0.137. The van der Waals surface area contributed by atoms with Crippen LogP contribution in [0, 0.1) is 0 Å². The minimum atomic E-state index is -4.47. The third-order valence-electron chi connectivity index (χ3n) is 5.49. The van der Waals surface area contributed by atoms with Gasteiger partial charge in [-0.2, -0.15) is 13.2 Å². The highest BCUT2D eigenvalue weighted by molar-refractivity contribution is 5.99. The van der Waals surface area contributed by atoms with E-state index in [1.807, 2.05) is 30.3 Å². The number of aromatic nitrogens is 2. The first-order valence-corrected chi connectivity index (χ1v) is 11.3. The zero-order chi connectivity index (χ0) is 26.4. The Labute approximate surface area is 211 Å². The Balaban J connectivity index is 1.62. The minimum Gasteiger partial charge on any atom is -0.326 e. The number of anilines is 1. The van der Waals surface area contributed by atoms with Crippen molar-refractivity contribution >= 4 is 17.8 Å². The van der Waals surface area contributed by atoms with Gasteiger partial charge in [-0.15, -0.1) is 6.58 Å². The number of carbonyl (C=O) groups excluding carboxylic acids is 2. The zero-order valence-corrected chi connectivity index (χ0v) is 19.7. The Kier molecular flexibility index (Phi) is 7.52. The molecule has 2 amide bonds. The van der Waals surface area contributed by atoms with Crippen LogP contribution in [0.3, 0.4) is 0 Å². The molecule has 0 aliphatic heterocycles. The molecule has 188 valence electrons. The summed E-state index contributed by atoms with van der Waals surface area (Å²) in [7, 11) is 0. The lowest BCUT2D eigenvalue weighted by Gasteiger charge is -2.20. The van der Waals surface area contributed by atoms with Gasteiger partial charge in [0, 0.05) is 29.6 Å². The summed E-state index contributed by atoms with van der Waals surface area (Å²) in [6.45, 7) is 3.53. The number of carbonyl (C=O) groups is 2. The molecule has 0 atom stereocenters. The van der Waals surface area contributed by atoms with Crippen molar-refractivity contribution in [3.05, 3.63) is 115 Å². The van der Waals surface area contributed by atoms with Crippen LogP contribution in [0.25, 0.3) is 16.9 Å². The summed E-state index contributed by atoms with van der Waals surface area (Å²) >= 11 is 0. The van der Waals surface area contributed by atoms with Crippen LogP contribution < -0.4 is 5.32 Å². The molecule has 1 aromatic heterocycles. The molecule has 0 spiro atoms. The molecule has 0 bridgehead atoms. The van der Waals surface area contributed by atoms with E-state index < -0.39 is 17.6 Å². The maximum atomic E-state index is 13.1. The number of nitrogens with one attached hydrogen (secondary N) is 1. The minimum absolute atomic E-state index is 0.106. The first-order valence-electron chi connectivity index (χ1n) is 11.3. The van der Waals surface area contributed by atoms with Crippen molar-refractivity contribution < 1.29 is 22.8 Å². The van der Waals surface area contributed by atoms with Gasteiger partial charge in [-0.1, -0.05) is 54.6 Å². The standard InChI is InChI=1S/C28H23F3N4O2/c1-2-17-34(26(37)21-11-7-4-8-12-21)19-25(36)33-27-32-24(20-9-5-3-6-10-20)18-35(27)23-15-13-22(14-16-23)28(29,30)31/h2-16,18H,1,17,19H2,(H,32,33,36). The van der Waals surface area contributed by atoms with Crippen molar-refractivity contribution in [3.63, 3.8) is 0 Å². The summed E-state index contributed by atoms with van der Waals surface area (Å²) in [6, 6.07) is 22.2. The second kappa shape index (κ2) is 10.9. The fraction of sp³-hybridized carbons (Fsp3) is 0.107. The number of amides is 2. The number of halogens is 3. The monoisotopic (exact) mass is 504 g/mol. The van der Waals surface area contributed by atoms with Crippen LogP contribution >= 0.6 is 0 Å². The third kappa shape index (κ3) is 6.13. The van der Waals surface area contributed by atoms with Gasteiger partial charge in [0.15, 0.2) is 0 Å². The van der Waals surface area contributed by atoms with E-state index in [2.05, 4.69) is 16.9 Å². The number of benzene rings is 3. The van der Waals surface area contributed by atoms with Crippen molar-refractivity contribution in [1.82, 2.24) is 14.5 Å². The van der Waals surface area contributed by atoms with Crippen molar-refractivity contribution in [1.29, 1.82) is 0 Å². The Hall–Kier alpha value is -4.66. The van der Waals surface area contributed by atoms with E-state index in [0.29, 0.717) is 16.9 Å². The predicted octanol–water partition coefficient (Wildman–Crippen LogP) is 5.83. The van der Waals surface area contributed by atoms with Gasteiger partial charge in [0.25, 0.3) is 5.91 Å². The van der Waals surface area contributed by atoms with Crippen molar-refractivity contribution in [3.8, 4) is 16.9 Å². The molecular weight excluding hydrogens is 481 g/mol. The van der Waals surface area contributed by atoms with Gasteiger partial charge in [0.05, 0.1) is 11.3 Å². The molecule has 37 heavy (non-hydrogen) atoms. The summed E-state index contributed by atoms with van der Waals surface area (Å²) in [4.78, 5) is 31.7. The normalized spacial score (nSPS) is 11.1. The van der Waals surface area contributed by atoms with Crippen LogP contribution in [0.5, 0.6) is 0 Å². The summed E-state index contributed by atoms with van der Waals surface area (Å²) in [5.41, 5.74) is 1.29. The van der Waals surface area contributed by atoms with Crippen LogP contribution in [0.2, 0.25) is 0 Å². The molecule has 4 aromatic rings. The van der Waals surface area contributed by atoms with Crippen molar-refractivity contribution in [2.24, 2.45) is 0 Å². The molecule has 0 radical (unpaired) electrons. The van der Waals surface area contributed by atoms with Crippen molar-refractivity contribution in [2.75, 3.05) is 18.4 Å². The third-order valence-corrected chi connectivity index (χ3v) is 5.49. The molecule has 1 heterocycles. The fourth-order valence-corrected chi connectivity index (χ4v) is 3.70. The maximum absolute atomic E-state index is 13.1. The summed E-state index contributed by atoms with van der Waals surface area (Å²) in [6.07, 6.45) is -1.32. The Morgan fingerprint density at radius 1 is 0.946 bits per heavy atom. The molecular formula is C28H23F3N4O2. The quantitative estimate of drug-likeness (QED) is 0.307. The topological polar surface area (TPSA) is 67.2 Å². The molecule has 0 saturated heterocycles. The molecule has 1 N–H and O–H groups in total. The molecule has 0 fully saturated rings. The van der Waals surface area contributed by atoms with Crippen molar-refractivity contribution in [2.45, 2.75) is 6.18 Å². The van der Waals surface area contributed by atoms with Gasteiger partial charge in [-0.25, -0.2) is 4.98 Å². The SMILES string of the molecule is C=CCN(CC(=O)Nc1nc(-c2ccccc2)cn1-c1ccc(C(F)(F)F)cc1)C(=O)c1ccccc1. The van der Waals surface area contributed by atoms with E-state index in [0.717, 1.165) is 17.7 Å². The van der Waals surface area contributed by atoms with Crippen LogP contribution in [0.4, 0.5) is 19.1 Å². The highest BCUT2D eigenvalue weighted by atomic mass is 19.4. The van der Waals surface area contributed by atoms with Gasteiger partial charge in [-0.05, 0) is 36.4 Å². The number of hydrogen-bond acceptors (Lipinski definition) is 3. The number of nitrogens with zero attached hydrogens (tertiary/aromatic N) is 3. The van der Waals surface area contributed by atoms with E-state index in [1.165, 1.54) is 27.7 Å². The molecule has 0 unspecified atom stereocenters. The second-order valence-electron chi connectivity index (χ2n) is 8.12. The molecule has 0 saturated carbocycles. The number of alkyl halides is 3. The maximum Gasteiger partial charge on any atom is 0.416 e. The average molecular weight is 505 g/mol. The molecule has 9 heteroatoms. The van der Waals surface area contributed by atoms with E-state index in [1.54, 1.807) is 36.5 Å². The molecule has 0 aliphatic rings. The van der Waals surface area contributed by atoms with E-state index in [9.17, 15) is 22.8 Å². The van der Waals surface area contributed by atoms with Crippen LogP contribution in [0.15, 0.2) is 104 Å². The van der Waals surface area contributed by atoms with Gasteiger partial charge >= 0.3 is 6.18 Å². The first kappa shape index (κ1) is 25.4. The van der Waals surface area contributed by atoms with Crippen LogP contribution in [-0.2, 0) is 11.0 Å². The highest BCUT2D eigenvalue weighted by Crippen LogP contribution is 2.31. The Morgan fingerprint density at radius 2 is 1.57 bits per heavy atom. The van der Waals surface area contributed by atoms with E-state index in [4.69, 9.17) is 0 Å². The van der Waals surface area contributed by atoms with Gasteiger partial charge in [0.1, 0.15) is 6.54 Å². The second-order valence-corrected chi connectivity index (χ2v) is 8.12. The average Bonchev–Trinajstić information content (AvgIpc) is 3.32. The number of imidazole rings is 1. The van der Waals surface area contributed by atoms with Crippen LogP contribution in [0.1, 0.15) is 15.9 Å². The first-order chi connectivity index (χ1) is 17.8. The van der Waals surface area contributed by atoms with E-state index in [-0.39, 0.29) is 24.9 Å². The van der Waals surface area contributed by atoms with Crippen LogP contribution in [-0.4, -0.2) is 39.4 Å². The molecule has 4 rings (SSSR count). The Bertz CT molecular complexity index is 1380.